The predicted molar refractivity (Wildman–Crippen MR) is 56.8 cm³/mol. The predicted octanol–water partition coefficient (Wildman–Crippen LogP) is 0.810. The van der Waals surface area contributed by atoms with Crippen molar-refractivity contribution in [3.05, 3.63) is 12.2 Å². The number of carbonyl (C=O) groups excluding carboxylic acids is 2. The van der Waals surface area contributed by atoms with Gasteiger partial charge in [0.15, 0.2) is 0 Å². The zero-order chi connectivity index (χ0) is 13.4. The molecule has 0 aliphatic rings. The number of hydrogen-bond acceptors (Lipinski definition) is 5. The Bertz CT molecular complexity index is 323. The molecule has 17 heavy (non-hydrogen) atoms. The second kappa shape index (κ2) is 7.26. The molecule has 0 heterocycles. The standard InChI is InChI=1S/C10H15NO6/c1-7(2)6-16-8(12)4-5-9(13)17-11(3)10(14)15/h4-5,7H,6H2,1-3H3,(H,14,15)/b5-4+. The number of esters is 1. The zero-order valence-corrected chi connectivity index (χ0v) is 9.87. The minimum Gasteiger partial charge on any atom is -0.463 e. The van der Waals surface area contributed by atoms with Gasteiger partial charge in [0.05, 0.1) is 13.7 Å². The first-order valence-electron chi connectivity index (χ1n) is 4.86. The number of carboxylic acid groups (broad SMARTS) is 1. The molecule has 96 valence electrons. The molecule has 0 saturated carbocycles. The number of hydroxylamine groups is 2. The van der Waals surface area contributed by atoms with Crippen molar-refractivity contribution >= 4 is 18.0 Å². The van der Waals surface area contributed by atoms with Gasteiger partial charge in [0, 0.05) is 12.2 Å². The molecule has 7 nitrogen and oxygen atoms in total. The Balaban J connectivity index is 4.02. The van der Waals surface area contributed by atoms with Crippen molar-refractivity contribution in [3.63, 3.8) is 0 Å². The highest BCUT2D eigenvalue weighted by atomic mass is 16.7. The summed E-state index contributed by atoms with van der Waals surface area (Å²) in [5.41, 5.74) is 0. The summed E-state index contributed by atoms with van der Waals surface area (Å²) in [5.74, 6) is -1.47. The van der Waals surface area contributed by atoms with Crippen molar-refractivity contribution in [2.45, 2.75) is 13.8 Å². The van der Waals surface area contributed by atoms with Gasteiger partial charge in [0.1, 0.15) is 0 Å². The van der Waals surface area contributed by atoms with Crippen LogP contribution in [0.5, 0.6) is 0 Å². The molecule has 0 aliphatic carbocycles. The Labute approximate surface area is 98.6 Å². The molecule has 0 aliphatic heterocycles. The molecule has 0 spiro atoms. The monoisotopic (exact) mass is 245 g/mol. The van der Waals surface area contributed by atoms with E-state index in [-0.39, 0.29) is 12.5 Å². The summed E-state index contributed by atoms with van der Waals surface area (Å²) in [6.45, 7) is 3.98. The maximum Gasteiger partial charge on any atom is 0.440 e. The Morgan fingerprint density at radius 1 is 1.24 bits per heavy atom. The molecule has 0 aromatic heterocycles. The molecule has 0 fully saturated rings. The number of amides is 1. The molecule has 0 rings (SSSR count). The van der Waals surface area contributed by atoms with Gasteiger partial charge in [0.25, 0.3) is 0 Å². The minimum absolute atomic E-state index is 0.192. The van der Waals surface area contributed by atoms with E-state index < -0.39 is 18.0 Å². The van der Waals surface area contributed by atoms with Crippen LogP contribution in [0, 0.1) is 5.92 Å². The van der Waals surface area contributed by atoms with E-state index in [2.05, 4.69) is 4.84 Å². The van der Waals surface area contributed by atoms with Crippen LogP contribution < -0.4 is 0 Å². The lowest BCUT2D eigenvalue weighted by molar-refractivity contribution is -0.169. The number of nitrogens with zero attached hydrogens (tertiary/aromatic N) is 1. The third-order valence-corrected chi connectivity index (χ3v) is 1.41. The highest BCUT2D eigenvalue weighted by Gasteiger charge is 2.10. The molecule has 1 N–H and O–H groups in total. The van der Waals surface area contributed by atoms with E-state index in [0.717, 1.165) is 19.2 Å². The first kappa shape index (κ1) is 14.9. The van der Waals surface area contributed by atoms with Crippen molar-refractivity contribution in [1.29, 1.82) is 0 Å². The summed E-state index contributed by atoms with van der Waals surface area (Å²) in [7, 11) is 1.05. The van der Waals surface area contributed by atoms with Crippen LogP contribution in [-0.4, -0.2) is 41.9 Å². The third kappa shape index (κ3) is 7.83. The van der Waals surface area contributed by atoms with Crippen LogP contribution in [0.1, 0.15) is 13.8 Å². The van der Waals surface area contributed by atoms with E-state index >= 15 is 0 Å². The van der Waals surface area contributed by atoms with Gasteiger partial charge in [-0.3, -0.25) is 0 Å². The van der Waals surface area contributed by atoms with Gasteiger partial charge in [0.2, 0.25) is 0 Å². The second-order valence-corrected chi connectivity index (χ2v) is 3.55. The fourth-order valence-electron chi connectivity index (χ4n) is 0.637. The molecule has 0 radical (unpaired) electrons. The number of ether oxygens (including phenoxy) is 1. The molecule has 0 bridgehead atoms. The minimum atomic E-state index is -1.42. The molecular weight excluding hydrogens is 230 g/mol. The Hall–Kier alpha value is -2.05. The fourth-order valence-corrected chi connectivity index (χ4v) is 0.637. The van der Waals surface area contributed by atoms with E-state index in [1.807, 2.05) is 13.8 Å². The Morgan fingerprint density at radius 3 is 2.24 bits per heavy atom. The smallest absolute Gasteiger partial charge is 0.440 e. The van der Waals surface area contributed by atoms with Crippen molar-refractivity contribution in [2.24, 2.45) is 5.92 Å². The van der Waals surface area contributed by atoms with Crippen LogP contribution >= 0.6 is 0 Å². The normalized spacial score (nSPS) is 10.4. The maximum absolute atomic E-state index is 11.0. The van der Waals surface area contributed by atoms with Crippen LogP contribution in [0.4, 0.5) is 4.79 Å². The third-order valence-electron chi connectivity index (χ3n) is 1.41. The summed E-state index contributed by atoms with van der Waals surface area (Å²) >= 11 is 0. The van der Waals surface area contributed by atoms with E-state index in [1.165, 1.54) is 0 Å². The quantitative estimate of drug-likeness (QED) is 0.447. The van der Waals surface area contributed by atoms with E-state index in [1.54, 1.807) is 0 Å². The van der Waals surface area contributed by atoms with Gasteiger partial charge in [-0.15, -0.1) is 5.06 Å². The molecule has 0 atom stereocenters. The molecule has 0 aromatic rings. The summed E-state index contributed by atoms with van der Waals surface area (Å²) in [6, 6.07) is 0. The molecule has 0 unspecified atom stereocenters. The lowest BCUT2D eigenvalue weighted by Crippen LogP contribution is -2.27. The van der Waals surface area contributed by atoms with Crippen LogP contribution in [0.15, 0.2) is 12.2 Å². The first-order valence-corrected chi connectivity index (χ1v) is 4.86. The number of carbonyl (C=O) groups is 3. The highest BCUT2D eigenvalue weighted by molar-refractivity contribution is 5.91. The van der Waals surface area contributed by atoms with E-state index in [4.69, 9.17) is 9.84 Å². The van der Waals surface area contributed by atoms with Gasteiger partial charge in [-0.2, -0.15) is 0 Å². The maximum atomic E-state index is 11.0. The van der Waals surface area contributed by atoms with Crippen molar-refractivity contribution in [2.75, 3.05) is 13.7 Å². The van der Waals surface area contributed by atoms with Crippen LogP contribution in [0.2, 0.25) is 0 Å². The molecular formula is C10H15NO6. The van der Waals surface area contributed by atoms with Crippen LogP contribution in [0.3, 0.4) is 0 Å². The average Bonchev–Trinajstić information content (AvgIpc) is 2.23. The lowest BCUT2D eigenvalue weighted by atomic mass is 10.2. The molecule has 0 saturated heterocycles. The van der Waals surface area contributed by atoms with Gasteiger partial charge in [-0.1, -0.05) is 13.8 Å². The van der Waals surface area contributed by atoms with E-state index in [0.29, 0.717) is 5.06 Å². The van der Waals surface area contributed by atoms with Crippen molar-refractivity contribution in [3.8, 4) is 0 Å². The lowest BCUT2D eigenvalue weighted by Gasteiger charge is -2.09. The van der Waals surface area contributed by atoms with Crippen LogP contribution in [-0.2, 0) is 19.2 Å². The summed E-state index contributed by atoms with van der Waals surface area (Å²) in [6.07, 6.45) is 0.247. The summed E-state index contributed by atoms with van der Waals surface area (Å²) in [4.78, 5) is 36.6. The SMILES string of the molecule is CC(C)COC(=O)/C=C/C(=O)ON(C)C(=O)O. The first-order chi connectivity index (χ1) is 7.82. The average molecular weight is 245 g/mol. The zero-order valence-electron chi connectivity index (χ0n) is 9.87. The van der Waals surface area contributed by atoms with Gasteiger partial charge in [-0.05, 0) is 5.92 Å². The van der Waals surface area contributed by atoms with Crippen LogP contribution in [0.25, 0.3) is 0 Å². The molecule has 1 amide bonds. The second-order valence-electron chi connectivity index (χ2n) is 3.55. The largest absolute Gasteiger partial charge is 0.463 e. The van der Waals surface area contributed by atoms with Gasteiger partial charge >= 0.3 is 18.0 Å². The fraction of sp³-hybridized carbons (Fsp3) is 0.500. The number of rotatable bonds is 4. The summed E-state index contributed by atoms with van der Waals surface area (Å²) < 4.78 is 4.74. The highest BCUT2D eigenvalue weighted by Crippen LogP contribution is 1.94. The topological polar surface area (TPSA) is 93.1 Å². The number of hydrogen-bond donors (Lipinski definition) is 1. The van der Waals surface area contributed by atoms with Gasteiger partial charge < -0.3 is 14.7 Å². The molecule has 0 aromatic carbocycles. The van der Waals surface area contributed by atoms with E-state index in [9.17, 15) is 14.4 Å². The Kier molecular flexibility index (Phi) is 6.39. The molecule has 7 heteroatoms. The van der Waals surface area contributed by atoms with Crippen molar-refractivity contribution in [1.82, 2.24) is 5.06 Å². The van der Waals surface area contributed by atoms with Crippen molar-refractivity contribution < 1.29 is 29.1 Å². The van der Waals surface area contributed by atoms with Gasteiger partial charge in [-0.25, -0.2) is 14.4 Å². The summed E-state index contributed by atoms with van der Waals surface area (Å²) in [5, 5.41) is 8.71. The Morgan fingerprint density at radius 2 is 1.76 bits per heavy atom.